The lowest BCUT2D eigenvalue weighted by atomic mass is 10.2. The van der Waals surface area contributed by atoms with E-state index in [0.717, 1.165) is 32.9 Å². The number of hydrogen-bond donors (Lipinski definition) is 1. The highest BCUT2D eigenvalue weighted by Gasteiger charge is 2.12. The molecule has 29 heavy (non-hydrogen) atoms. The maximum Gasteiger partial charge on any atom is 0.274 e. The first-order valence-electron chi connectivity index (χ1n) is 8.87. The van der Waals surface area contributed by atoms with Crippen LogP contribution in [-0.2, 0) is 13.2 Å². The second-order valence-corrected chi connectivity index (χ2v) is 7.42. The van der Waals surface area contributed by atoms with Gasteiger partial charge in [-0.05, 0) is 30.3 Å². The third-order valence-electron chi connectivity index (χ3n) is 4.41. The lowest BCUT2D eigenvalue weighted by Gasteiger charge is -2.08. The smallest absolute Gasteiger partial charge is 0.274 e. The molecule has 2 aromatic heterocycles. The molecule has 0 unspecified atom stereocenters. The lowest BCUT2D eigenvalue weighted by molar-refractivity contribution is 0.291. The maximum absolute atomic E-state index is 13.8. The summed E-state index contributed by atoms with van der Waals surface area (Å²) in [4.78, 5) is 17.0. The first kappa shape index (κ1) is 19.1. The second kappa shape index (κ2) is 8.00. The Morgan fingerprint density at radius 1 is 1.17 bits per heavy atom. The number of hydrogen-bond acceptors (Lipinski definition) is 5. The summed E-state index contributed by atoms with van der Waals surface area (Å²) in [6.45, 7) is 0.470. The van der Waals surface area contributed by atoms with E-state index < -0.39 is 11.6 Å². The molecule has 0 aliphatic rings. The fourth-order valence-electron chi connectivity index (χ4n) is 2.98. The zero-order valence-electron chi connectivity index (χ0n) is 15.5. The van der Waals surface area contributed by atoms with Crippen LogP contribution in [0.15, 0.2) is 59.5 Å². The van der Waals surface area contributed by atoms with E-state index in [4.69, 9.17) is 4.74 Å². The first-order valence-corrected chi connectivity index (χ1v) is 9.69. The van der Waals surface area contributed by atoms with Gasteiger partial charge in [-0.25, -0.2) is 13.8 Å². The fourth-order valence-corrected chi connectivity index (χ4v) is 4.04. The van der Waals surface area contributed by atoms with Crippen LogP contribution < -0.4 is 15.6 Å². The second-order valence-electron chi connectivity index (χ2n) is 6.34. The third-order valence-corrected chi connectivity index (χ3v) is 5.54. The van der Waals surface area contributed by atoms with Crippen LogP contribution in [0.4, 0.5) is 14.5 Å². The van der Waals surface area contributed by atoms with Crippen molar-refractivity contribution in [3.63, 3.8) is 0 Å². The lowest BCUT2D eigenvalue weighted by Crippen LogP contribution is -2.22. The minimum Gasteiger partial charge on any atom is -0.486 e. The Morgan fingerprint density at radius 3 is 2.83 bits per heavy atom. The number of rotatable bonds is 6. The van der Waals surface area contributed by atoms with Crippen LogP contribution in [0, 0.1) is 11.6 Å². The van der Waals surface area contributed by atoms with E-state index in [1.807, 2.05) is 18.2 Å². The number of anilines is 1. The maximum atomic E-state index is 13.8. The molecule has 0 saturated heterocycles. The van der Waals surface area contributed by atoms with Gasteiger partial charge in [0.1, 0.15) is 23.1 Å². The van der Waals surface area contributed by atoms with Crippen molar-refractivity contribution in [3.8, 4) is 5.75 Å². The molecule has 5 nitrogen and oxygen atoms in total. The topological polar surface area (TPSA) is 56.1 Å². The van der Waals surface area contributed by atoms with Gasteiger partial charge in [-0.1, -0.05) is 12.1 Å². The van der Waals surface area contributed by atoms with Crippen LogP contribution >= 0.6 is 11.3 Å². The summed E-state index contributed by atoms with van der Waals surface area (Å²) in [6.07, 6.45) is 1.72. The van der Waals surface area contributed by atoms with Crippen LogP contribution in [0.1, 0.15) is 10.6 Å². The molecular formula is C21H17F2N3O2S. The van der Waals surface area contributed by atoms with Crippen molar-refractivity contribution in [1.82, 2.24) is 9.55 Å². The SMILES string of the molecule is CNc1cccn(Cc2nc3cccc(COc4ccc(F)cc4F)c3s2)c1=O. The molecule has 0 amide bonds. The van der Waals surface area contributed by atoms with Gasteiger partial charge in [-0.2, -0.15) is 0 Å². The van der Waals surface area contributed by atoms with Crippen molar-refractivity contribution >= 4 is 27.2 Å². The van der Waals surface area contributed by atoms with Crippen LogP contribution in [0.3, 0.4) is 0 Å². The first-order chi connectivity index (χ1) is 14.0. The minimum atomic E-state index is -0.744. The van der Waals surface area contributed by atoms with E-state index in [1.54, 1.807) is 29.9 Å². The van der Waals surface area contributed by atoms with Crippen molar-refractivity contribution < 1.29 is 13.5 Å². The van der Waals surface area contributed by atoms with Gasteiger partial charge in [0, 0.05) is 24.9 Å². The summed E-state index contributed by atoms with van der Waals surface area (Å²) in [5, 5.41) is 3.65. The largest absolute Gasteiger partial charge is 0.486 e. The van der Waals surface area contributed by atoms with Gasteiger partial charge in [-0.3, -0.25) is 4.79 Å². The molecule has 2 aromatic carbocycles. The normalized spacial score (nSPS) is 11.0. The molecule has 0 aliphatic carbocycles. The zero-order valence-corrected chi connectivity index (χ0v) is 16.3. The summed E-state index contributed by atoms with van der Waals surface area (Å²) < 4.78 is 34.9. The van der Waals surface area contributed by atoms with Crippen molar-refractivity contribution in [3.05, 3.63) is 87.3 Å². The molecule has 148 valence electrons. The molecule has 0 spiro atoms. The number of fused-ring (bicyclic) bond motifs is 1. The molecule has 0 saturated carbocycles. The molecule has 2 heterocycles. The predicted molar refractivity (Wildman–Crippen MR) is 110 cm³/mol. The Hall–Kier alpha value is -3.26. The highest BCUT2D eigenvalue weighted by atomic mass is 32.1. The molecule has 0 aliphatic heterocycles. The number of thiazole rings is 1. The highest BCUT2D eigenvalue weighted by molar-refractivity contribution is 7.18. The Bertz CT molecular complexity index is 1240. The quantitative estimate of drug-likeness (QED) is 0.509. The third kappa shape index (κ3) is 3.97. The van der Waals surface area contributed by atoms with Gasteiger partial charge in [0.15, 0.2) is 11.6 Å². The zero-order chi connectivity index (χ0) is 20.4. The average molecular weight is 413 g/mol. The number of benzene rings is 2. The monoisotopic (exact) mass is 413 g/mol. The van der Waals surface area contributed by atoms with E-state index in [0.29, 0.717) is 12.2 Å². The summed E-state index contributed by atoms with van der Waals surface area (Å²) in [5.74, 6) is -1.41. The molecule has 0 radical (unpaired) electrons. The summed E-state index contributed by atoms with van der Waals surface area (Å²) >= 11 is 1.46. The van der Waals surface area contributed by atoms with Crippen LogP contribution in [-0.4, -0.2) is 16.6 Å². The predicted octanol–water partition coefficient (Wildman–Crippen LogP) is 4.41. The number of nitrogens with zero attached hydrogens (tertiary/aromatic N) is 2. The number of halogens is 2. The van der Waals surface area contributed by atoms with E-state index in [1.165, 1.54) is 17.4 Å². The minimum absolute atomic E-state index is 0.0106. The van der Waals surface area contributed by atoms with Crippen molar-refractivity contribution in [2.24, 2.45) is 0 Å². The summed E-state index contributed by atoms with van der Waals surface area (Å²) in [5.41, 5.74) is 2.02. The number of aromatic nitrogens is 2. The summed E-state index contributed by atoms with van der Waals surface area (Å²) in [7, 11) is 1.70. The van der Waals surface area contributed by atoms with Gasteiger partial charge in [-0.15, -0.1) is 11.3 Å². The standard InChI is InChI=1S/C21H17F2N3O2S/c1-24-17-6-3-9-26(21(17)27)11-19-25-16-5-2-4-13(20(16)29-19)12-28-18-8-7-14(22)10-15(18)23/h2-10,24H,11-12H2,1H3. The van der Waals surface area contributed by atoms with Gasteiger partial charge in [0.05, 0.1) is 16.8 Å². The van der Waals surface area contributed by atoms with Gasteiger partial charge in [0.2, 0.25) is 0 Å². The number of ether oxygens (including phenoxy) is 1. The molecule has 0 atom stereocenters. The van der Waals surface area contributed by atoms with Gasteiger partial charge < -0.3 is 14.6 Å². The fraction of sp³-hybridized carbons (Fsp3) is 0.143. The van der Waals surface area contributed by atoms with Gasteiger partial charge >= 0.3 is 0 Å². The Kier molecular flexibility index (Phi) is 5.26. The van der Waals surface area contributed by atoms with E-state index in [-0.39, 0.29) is 17.9 Å². The average Bonchev–Trinajstić information content (AvgIpc) is 3.12. The molecule has 0 fully saturated rings. The molecule has 0 bridgehead atoms. The molecule has 1 N–H and O–H groups in total. The van der Waals surface area contributed by atoms with Crippen LogP contribution in [0.5, 0.6) is 5.75 Å². The van der Waals surface area contributed by atoms with E-state index >= 15 is 0 Å². The molecule has 4 rings (SSSR count). The molecular weight excluding hydrogens is 396 g/mol. The van der Waals surface area contributed by atoms with Crippen molar-refractivity contribution in [2.45, 2.75) is 13.2 Å². The number of pyridine rings is 1. The van der Waals surface area contributed by atoms with E-state index in [2.05, 4.69) is 10.3 Å². The highest BCUT2D eigenvalue weighted by Crippen LogP contribution is 2.28. The van der Waals surface area contributed by atoms with Crippen molar-refractivity contribution in [2.75, 3.05) is 12.4 Å². The molecule has 4 aromatic rings. The Balaban J connectivity index is 1.59. The summed E-state index contributed by atoms with van der Waals surface area (Å²) in [6, 6.07) is 12.3. The van der Waals surface area contributed by atoms with Crippen molar-refractivity contribution in [1.29, 1.82) is 0 Å². The van der Waals surface area contributed by atoms with E-state index in [9.17, 15) is 13.6 Å². The van der Waals surface area contributed by atoms with Crippen LogP contribution in [0.25, 0.3) is 10.2 Å². The molecule has 8 heteroatoms. The Labute approximate surface area is 169 Å². The van der Waals surface area contributed by atoms with Gasteiger partial charge in [0.25, 0.3) is 5.56 Å². The Morgan fingerprint density at radius 2 is 2.03 bits per heavy atom. The number of nitrogens with one attached hydrogen (secondary N) is 1. The van der Waals surface area contributed by atoms with Crippen LogP contribution in [0.2, 0.25) is 0 Å².